The molecule has 0 aliphatic carbocycles. The standard InChI is InChI=1S/C14H24N4/c1-11(2)9-13-3-4-14(18-17-13)16-10-12-5-7-15-8-6-12/h3-4,11-12,15H,5-10H2,1-2H3,(H,16,18). The van der Waals surface area contributed by atoms with E-state index >= 15 is 0 Å². The van der Waals surface area contributed by atoms with Gasteiger partial charge in [-0.05, 0) is 56.3 Å². The van der Waals surface area contributed by atoms with E-state index < -0.39 is 0 Å². The summed E-state index contributed by atoms with van der Waals surface area (Å²) in [6.07, 6.45) is 3.51. The van der Waals surface area contributed by atoms with Gasteiger partial charge in [-0.15, -0.1) is 5.10 Å². The molecule has 4 heteroatoms. The molecular weight excluding hydrogens is 224 g/mol. The van der Waals surface area contributed by atoms with Crippen LogP contribution in [0.3, 0.4) is 0 Å². The van der Waals surface area contributed by atoms with Crippen LogP contribution in [0.15, 0.2) is 12.1 Å². The Kier molecular flexibility index (Phi) is 4.93. The van der Waals surface area contributed by atoms with Gasteiger partial charge in [-0.3, -0.25) is 0 Å². The maximum Gasteiger partial charge on any atom is 0.148 e. The monoisotopic (exact) mass is 248 g/mol. The molecule has 0 radical (unpaired) electrons. The molecule has 0 bridgehead atoms. The second-order valence-corrected chi connectivity index (χ2v) is 5.58. The van der Waals surface area contributed by atoms with Gasteiger partial charge in [0, 0.05) is 6.54 Å². The fraction of sp³-hybridized carbons (Fsp3) is 0.714. The lowest BCUT2D eigenvalue weighted by atomic mass is 9.98. The molecule has 100 valence electrons. The first-order valence-electron chi connectivity index (χ1n) is 7.01. The van der Waals surface area contributed by atoms with E-state index in [2.05, 4.69) is 40.7 Å². The van der Waals surface area contributed by atoms with Crippen LogP contribution >= 0.6 is 0 Å². The van der Waals surface area contributed by atoms with Crippen molar-refractivity contribution in [2.75, 3.05) is 25.0 Å². The lowest BCUT2D eigenvalue weighted by Crippen LogP contribution is -2.31. The molecule has 2 rings (SSSR count). The summed E-state index contributed by atoms with van der Waals surface area (Å²) in [5.41, 5.74) is 1.08. The predicted molar refractivity (Wildman–Crippen MR) is 74.7 cm³/mol. The number of rotatable bonds is 5. The fourth-order valence-corrected chi connectivity index (χ4v) is 2.32. The highest BCUT2D eigenvalue weighted by atomic mass is 15.2. The van der Waals surface area contributed by atoms with Gasteiger partial charge in [0.25, 0.3) is 0 Å². The van der Waals surface area contributed by atoms with Gasteiger partial charge in [0.2, 0.25) is 0 Å². The van der Waals surface area contributed by atoms with Crippen LogP contribution in [0.2, 0.25) is 0 Å². The largest absolute Gasteiger partial charge is 0.368 e. The smallest absolute Gasteiger partial charge is 0.148 e. The number of hydrogen-bond acceptors (Lipinski definition) is 4. The van der Waals surface area contributed by atoms with E-state index in [-0.39, 0.29) is 0 Å². The average Bonchev–Trinajstić information content (AvgIpc) is 2.38. The molecule has 0 amide bonds. The summed E-state index contributed by atoms with van der Waals surface area (Å²) in [5.74, 6) is 2.30. The Balaban J connectivity index is 1.78. The summed E-state index contributed by atoms with van der Waals surface area (Å²) < 4.78 is 0. The van der Waals surface area contributed by atoms with Crippen molar-refractivity contribution >= 4 is 5.82 Å². The molecular formula is C14H24N4. The van der Waals surface area contributed by atoms with Crippen LogP contribution in [-0.2, 0) is 6.42 Å². The van der Waals surface area contributed by atoms with Gasteiger partial charge in [0.05, 0.1) is 5.69 Å². The fourth-order valence-electron chi connectivity index (χ4n) is 2.32. The molecule has 1 aliphatic rings. The molecule has 0 atom stereocenters. The minimum Gasteiger partial charge on any atom is -0.368 e. The Morgan fingerprint density at radius 3 is 2.67 bits per heavy atom. The van der Waals surface area contributed by atoms with Crippen molar-refractivity contribution in [3.05, 3.63) is 17.8 Å². The van der Waals surface area contributed by atoms with E-state index in [9.17, 15) is 0 Å². The molecule has 1 aromatic rings. The molecule has 1 aliphatic heterocycles. The molecule has 1 saturated heterocycles. The second kappa shape index (κ2) is 6.69. The van der Waals surface area contributed by atoms with Gasteiger partial charge >= 0.3 is 0 Å². The van der Waals surface area contributed by atoms with Gasteiger partial charge < -0.3 is 10.6 Å². The number of aromatic nitrogens is 2. The van der Waals surface area contributed by atoms with Crippen LogP contribution < -0.4 is 10.6 Å². The van der Waals surface area contributed by atoms with Crippen molar-refractivity contribution in [2.24, 2.45) is 11.8 Å². The van der Waals surface area contributed by atoms with E-state index in [1.54, 1.807) is 0 Å². The summed E-state index contributed by atoms with van der Waals surface area (Å²) >= 11 is 0. The lowest BCUT2D eigenvalue weighted by Gasteiger charge is -2.22. The third kappa shape index (κ3) is 4.26. The quantitative estimate of drug-likeness (QED) is 0.837. The van der Waals surface area contributed by atoms with Crippen molar-refractivity contribution < 1.29 is 0 Å². The number of nitrogens with one attached hydrogen (secondary N) is 2. The minimum absolute atomic E-state index is 0.632. The van der Waals surface area contributed by atoms with Crippen LogP contribution in [0, 0.1) is 11.8 Å². The van der Waals surface area contributed by atoms with E-state index in [0.717, 1.165) is 43.5 Å². The molecule has 4 nitrogen and oxygen atoms in total. The van der Waals surface area contributed by atoms with Gasteiger partial charge in [-0.2, -0.15) is 5.10 Å². The molecule has 0 spiro atoms. The summed E-state index contributed by atoms with van der Waals surface area (Å²) in [5, 5.41) is 15.3. The Labute approximate surface area is 110 Å². The molecule has 18 heavy (non-hydrogen) atoms. The minimum atomic E-state index is 0.632. The van der Waals surface area contributed by atoms with Crippen molar-refractivity contribution in [1.82, 2.24) is 15.5 Å². The zero-order valence-electron chi connectivity index (χ0n) is 11.4. The van der Waals surface area contributed by atoms with Crippen LogP contribution in [0.5, 0.6) is 0 Å². The molecule has 0 aromatic carbocycles. The van der Waals surface area contributed by atoms with Crippen LogP contribution in [0.4, 0.5) is 5.82 Å². The normalized spacial score (nSPS) is 17.1. The van der Waals surface area contributed by atoms with Gasteiger partial charge in [-0.25, -0.2) is 0 Å². The van der Waals surface area contributed by atoms with Crippen LogP contribution in [0.1, 0.15) is 32.4 Å². The number of nitrogens with zero attached hydrogens (tertiary/aromatic N) is 2. The van der Waals surface area contributed by atoms with E-state index in [1.807, 2.05) is 6.07 Å². The third-order valence-electron chi connectivity index (χ3n) is 3.37. The van der Waals surface area contributed by atoms with E-state index in [4.69, 9.17) is 0 Å². The van der Waals surface area contributed by atoms with Crippen LogP contribution in [0.25, 0.3) is 0 Å². The van der Waals surface area contributed by atoms with E-state index in [0.29, 0.717) is 5.92 Å². The molecule has 1 fully saturated rings. The first-order valence-corrected chi connectivity index (χ1v) is 7.01. The third-order valence-corrected chi connectivity index (χ3v) is 3.37. The van der Waals surface area contributed by atoms with Gasteiger partial charge in [0.15, 0.2) is 0 Å². The number of piperidine rings is 1. The number of anilines is 1. The van der Waals surface area contributed by atoms with E-state index in [1.165, 1.54) is 12.8 Å². The highest BCUT2D eigenvalue weighted by Gasteiger charge is 2.12. The van der Waals surface area contributed by atoms with Crippen molar-refractivity contribution in [1.29, 1.82) is 0 Å². The Morgan fingerprint density at radius 2 is 2.06 bits per heavy atom. The maximum absolute atomic E-state index is 4.26. The molecule has 2 N–H and O–H groups in total. The molecule has 0 unspecified atom stereocenters. The highest BCUT2D eigenvalue weighted by molar-refractivity contribution is 5.32. The Morgan fingerprint density at radius 1 is 1.28 bits per heavy atom. The zero-order chi connectivity index (χ0) is 12.8. The zero-order valence-corrected chi connectivity index (χ0v) is 11.4. The van der Waals surface area contributed by atoms with Gasteiger partial charge in [0.1, 0.15) is 5.82 Å². The molecule has 0 saturated carbocycles. The predicted octanol–water partition coefficient (Wildman–Crippen LogP) is 2.09. The van der Waals surface area contributed by atoms with Crippen molar-refractivity contribution in [3.8, 4) is 0 Å². The summed E-state index contributed by atoms with van der Waals surface area (Å²) in [4.78, 5) is 0. The van der Waals surface area contributed by atoms with Crippen LogP contribution in [-0.4, -0.2) is 29.8 Å². The first kappa shape index (κ1) is 13.3. The Hall–Kier alpha value is -1.16. The van der Waals surface area contributed by atoms with Crippen molar-refractivity contribution in [2.45, 2.75) is 33.1 Å². The highest BCUT2D eigenvalue weighted by Crippen LogP contribution is 2.13. The number of hydrogen-bond donors (Lipinski definition) is 2. The second-order valence-electron chi connectivity index (χ2n) is 5.58. The average molecular weight is 248 g/mol. The lowest BCUT2D eigenvalue weighted by molar-refractivity contribution is 0.389. The molecule has 2 heterocycles. The van der Waals surface area contributed by atoms with Gasteiger partial charge in [-0.1, -0.05) is 13.8 Å². The maximum atomic E-state index is 4.26. The topological polar surface area (TPSA) is 49.8 Å². The Bertz CT molecular complexity index is 341. The first-order chi connectivity index (χ1) is 8.74. The summed E-state index contributed by atoms with van der Waals surface area (Å²) in [7, 11) is 0. The van der Waals surface area contributed by atoms with Crippen molar-refractivity contribution in [3.63, 3.8) is 0 Å². The SMILES string of the molecule is CC(C)Cc1ccc(NCC2CCNCC2)nn1. The summed E-state index contributed by atoms with van der Waals surface area (Å²) in [6.45, 7) is 7.70. The summed E-state index contributed by atoms with van der Waals surface area (Å²) in [6, 6.07) is 4.13. The molecule has 1 aromatic heterocycles.